The second-order valence-electron chi connectivity index (χ2n) is 34.1. The third-order valence-corrected chi connectivity index (χ3v) is 22.3. The molecule has 840 valence electrons. The van der Waals surface area contributed by atoms with E-state index in [9.17, 15) is 151 Å². The van der Waals surface area contributed by atoms with Crippen molar-refractivity contribution in [2.75, 3.05) is 327 Å². The fourth-order valence-electron chi connectivity index (χ4n) is 14.7. The van der Waals surface area contributed by atoms with Gasteiger partial charge in [-0.1, -0.05) is 41.5 Å². The van der Waals surface area contributed by atoms with Crippen molar-refractivity contribution in [3.63, 3.8) is 0 Å². The van der Waals surface area contributed by atoms with Crippen molar-refractivity contribution in [1.82, 2.24) is 98.9 Å². The van der Waals surface area contributed by atoms with Gasteiger partial charge in [0.1, 0.15) is 0 Å². The largest absolute Gasteiger partial charge is 0.480 e. The molecule has 0 aromatic heterocycles. The predicted octanol–water partition coefficient (Wildman–Crippen LogP) is -8.10. The zero-order valence-corrected chi connectivity index (χ0v) is 82.8. The van der Waals surface area contributed by atoms with E-state index in [-0.39, 0.29) is 274 Å². The zero-order chi connectivity index (χ0) is 109. The number of imide groups is 3. The topological polar surface area (TPSA) is 801 Å². The van der Waals surface area contributed by atoms with Crippen LogP contribution in [0.5, 0.6) is 0 Å². The van der Waals surface area contributed by atoms with Gasteiger partial charge >= 0.3 is 89.5 Å². The Morgan fingerprint density at radius 1 is 0.252 bits per heavy atom. The molecule has 0 radical (unpaired) electrons. The minimum atomic E-state index is -1.06. The molecule has 18 N–H and O–H groups in total. The van der Waals surface area contributed by atoms with Crippen molar-refractivity contribution >= 4 is 143 Å². The molecular formula is C86H152N22O38S. The van der Waals surface area contributed by atoms with Crippen molar-refractivity contribution in [3.05, 3.63) is 0 Å². The molecule has 7 heterocycles. The summed E-state index contributed by atoms with van der Waals surface area (Å²) in [5, 5.41) is 132. The normalized spacial score (nSPS) is 18.8. The molecule has 7 amide bonds. The summed E-state index contributed by atoms with van der Waals surface area (Å²) < 4.78 is 5.33. The molecule has 7 fully saturated rings. The van der Waals surface area contributed by atoms with E-state index in [1.807, 2.05) is 11.8 Å². The zero-order valence-electron chi connectivity index (χ0n) is 82.0. The number of carbonyl (C=O) groups is 22. The smallest absolute Gasteiger partial charge is 0.347 e. The van der Waals surface area contributed by atoms with Crippen LogP contribution >= 0.6 is 0 Å². The fourth-order valence-corrected chi connectivity index (χ4v) is 14.7. The number of nitrogens with one attached hydrogen (secondary N) is 2. The summed E-state index contributed by atoms with van der Waals surface area (Å²) in [6, 6.07) is 0. The molecule has 147 heavy (non-hydrogen) atoms. The Balaban J connectivity index is 0. The van der Waals surface area contributed by atoms with Crippen molar-refractivity contribution in [3.8, 4) is 0 Å². The first kappa shape index (κ1) is 137. The van der Waals surface area contributed by atoms with E-state index in [0.717, 1.165) is 19.4 Å². The van der Waals surface area contributed by atoms with Gasteiger partial charge in [0.25, 0.3) is 35.4 Å². The molecule has 0 unspecified atom stereocenters. The SMILES string of the molecule is C.C.CCCCN.CCCCNC(=O)CN1CCN(CC(=O)O)CCN(CC(=O)O)CCN(CC(=O)O)CC1.N=S.O=C(O)CN1CCN(CC(=O)O)CCN(CC(=O)O)CCN(CC(=O)O)CC1.O=C(O)CN1CCN(CC(=O)O)CCN(CC(=O)ON2C(=O)CCC2=O)CCN(CC(=O)O)CC1.O=C(O)CN1CCN(CC(=O)O)CCN(CC(=O)ON2C(=O)CCC2=O)CCN(CC(=O)O)CC1.O=C1CCC(=O)N1O. The van der Waals surface area contributed by atoms with Crippen LogP contribution < -0.4 is 11.1 Å². The van der Waals surface area contributed by atoms with Crippen LogP contribution in [0.25, 0.3) is 0 Å². The van der Waals surface area contributed by atoms with Crippen molar-refractivity contribution in [2.45, 2.75) is 92.9 Å². The van der Waals surface area contributed by atoms with Crippen LogP contribution in [-0.4, -0.2) is 623 Å². The maximum Gasteiger partial charge on any atom is 0.347 e. The van der Waals surface area contributed by atoms with Crippen LogP contribution in [0.3, 0.4) is 0 Å². The Bertz CT molecular complexity index is 3770. The van der Waals surface area contributed by atoms with Crippen LogP contribution in [-0.2, 0) is 128 Å². The summed E-state index contributed by atoms with van der Waals surface area (Å²) in [4.78, 5) is 286. The average Bonchev–Trinajstić information content (AvgIpc) is 1.73. The number of nitrogens with zero attached hydrogens (tertiary/aromatic N) is 19. The highest BCUT2D eigenvalue weighted by molar-refractivity contribution is 7.45. The molecule has 7 aliphatic rings. The average molecular weight is 2130 g/mol. The molecule has 0 aromatic rings. The lowest BCUT2D eigenvalue weighted by molar-refractivity contribution is -0.198. The second kappa shape index (κ2) is 78.5. The molecule has 0 aliphatic carbocycles. The highest BCUT2D eigenvalue weighted by Gasteiger charge is 2.37. The first-order valence-corrected chi connectivity index (χ1v) is 47.2. The summed E-state index contributed by atoms with van der Waals surface area (Å²) in [5.41, 5.74) is 5.14. The lowest BCUT2D eigenvalue weighted by Crippen LogP contribution is -2.49. The number of unbranched alkanes of at least 4 members (excludes halogenated alkanes) is 2. The number of rotatable bonds is 39. The van der Waals surface area contributed by atoms with Crippen molar-refractivity contribution < 1.29 is 187 Å². The van der Waals surface area contributed by atoms with Crippen LogP contribution in [0, 0.1) is 4.78 Å². The van der Waals surface area contributed by atoms with E-state index < -0.39 is 125 Å². The van der Waals surface area contributed by atoms with Gasteiger partial charge in [-0.05, 0) is 19.4 Å². The minimum absolute atomic E-state index is 0. The summed E-state index contributed by atoms with van der Waals surface area (Å²) in [6.07, 6.45) is 4.38. The number of nitrogens with two attached hydrogens (primary N) is 1. The summed E-state index contributed by atoms with van der Waals surface area (Å²) >= 11 is 3.33. The second-order valence-corrected chi connectivity index (χ2v) is 34.1. The van der Waals surface area contributed by atoms with Gasteiger partial charge < -0.3 is 87.1 Å². The van der Waals surface area contributed by atoms with Crippen LogP contribution in [0.2, 0.25) is 0 Å². The lowest BCUT2D eigenvalue weighted by Gasteiger charge is -2.32. The number of hydrogen-bond acceptors (Lipinski definition) is 44. The quantitative estimate of drug-likeness (QED) is 0.0154. The van der Waals surface area contributed by atoms with Gasteiger partial charge in [-0.15, -0.1) is 10.1 Å². The molecule has 61 heteroatoms. The fraction of sp³-hybridized carbons (Fsp3) is 0.744. The molecule has 7 aliphatic heterocycles. The van der Waals surface area contributed by atoms with E-state index in [1.165, 1.54) is 12.8 Å². The number of amides is 7. The number of aliphatic carboxylic acids is 13. The van der Waals surface area contributed by atoms with Gasteiger partial charge in [-0.2, -0.15) is 5.06 Å². The number of carboxylic acid groups (broad SMARTS) is 13. The maximum atomic E-state index is 12.4. The Kier molecular flexibility index (Phi) is 73.3. The maximum absolute atomic E-state index is 12.4. The van der Waals surface area contributed by atoms with Gasteiger partial charge in [0.05, 0.1) is 105 Å². The van der Waals surface area contributed by atoms with Gasteiger partial charge in [0, 0.05) is 267 Å². The van der Waals surface area contributed by atoms with E-state index in [0.29, 0.717) is 121 Å². The van der Waals surface area contributed by atoms with E-state index >= 15 is 0 Å². The summed E-state index contributed by atoms with van der Waals surface area (Å²) in [5.74, 6) is -18.6. The van der Waals surface area contributed by atoms with Crippen molar-refractivity contribution in [2.24, 2.45) is 5.73 Å². The predicted molar refractivity (Wildman–Crippen MR) is 515 cm³/mol. The molecule has 0 saturated carbocycles. The van der Waals surface area contributed by atoms with Gasteiger partial charge in [0.2, 0.25) is 5.91 Å². The van der Waals surface area contributed by atoms with Crippen LogP contribution in [0.1, 0.15) is 92.9 Å². The van der Waals surface area contributed by atoms with Gasteiger partial charge in [0.15, 0.2) is 0 Å². The van der Waals surface area contributed by atoms with Gasteiger partial charge in [-0.25, -0.2) is 14.4 Å². The highest BCUT2D eigenvalue weighted by atomic mass is 32.1. The first-order valence-electron chi connectivity index (χ1n) is 46.8. The van der Waals surface area contributed by atoms with Crippen LogP contribution in [0.4, 0.5) is 0 Å². The molecule has 0 aromatic carbocycles. The van der Waals surface area contributed by atoms with E-state index in [1.54, 1.807) is 73.5 Å². The lowest BCUT2D eigenvalue weighted by atomic mass is 10.3. The first-order chi connectivity index (χ1) is 68.5. The summed E-state index contributed by atoms with van der Waals surface area (Å²) in [7, 11) is 0. The number of carbonyl (C=O) groups excluding carboxylic acids is 9. The number of hydrogen-bond donors (Lipinski definition) is 17. The third-order valence-electron chi connectivity index (χ3n) is 22.3. The molecular weight excluding hydrogens is 1980 g/mol. The van der Waals surface area contributed by atoms with E-state index in [2.05, 4.69) is 24.7 Å². The highest BCUT2D eigenvalue weighted by Crippen LogP contribution is 2.16. The Morgan fingerprint density at radius 2 is 0.388 bits per heavy atom. The van der Waals surface area contributed by atoms with Crippen LogP contribution in [0.15, 0.2) is 0 Å². The summed E-state index contributed by atoms with van der Waals surface area (Å²) in [6.45, 7) is 11.2. The number of hydroxylamine groups is 6. The third kappa shape index (κ3) is 67.7. The number of carboxylic acids is 13. The van der Waals surface area contributed by atoms with Crippen molar-refractivity contribution in [1.29, 1.82) is 4.78 Å². The van der Waals surface area contributed by atoms with E-state index in [4.69, 9.17) is 45.8 Å². The Morgan fingerprint density at radius 3 is 0.503 bits per heavy atom. The molecule has 0 spiro atoms. The molecule has 0 atom stereocenters. The Hall–Kier alpha value is -11.8. The Labute approximate surface area is 856 Å². The van der Waals surface area contributed by atoms with Gasteiger partial charge in [-0.3, -0.25) is 179 Å². The molecule has 7 rings (SSSR count). The molecule has 0 bridgehead atoms. The molecule has 7 saturated heterocycles. The molecule has 60 nitrogen and oxygen atoms in total. The minimum Gasteiger partial charge on any atom is -0.480 e. The monoisotopic (exact) mass is 2130 g/mol. The standard InChI is InChI=1S/2C20H31N5O10.C20H37N5O7.C16H28N4O8.C4H5NO3.C4H11N.2CH4.HNS/c2*26-15-1-2-16(27)25(15)35-20(34)14-24-9-7-22(12-18(30)31)5-3-21(11-17(28)29)4-6-23(8-10-24)13-19(32)33;1-2-3-4-21-17(26)13-22-5-7-23(14-18(27)28)9-11-25(16-20(31)32)12-10-24(8-6-22)15-19(29)30;21-13(22)9-17-1-2-18(10-14(23)24)5-6-20(12-16(27)28)8-7-19(4-3-17)11-15(25)26;6-3-1-2-4(7)5(3)8;1-2-3-4-5;;;1-2/h2*1-14H2,(H,28,29)(H,30,31)(H,32,33);2-16H2,1H3,(H,21,26)(H,27,28)(H,29,30)(H,31,32);1-12H2,(H,21,22)(H,23,24)(H,25,26)(H,27,28);8H,1-2H2;2-5H2,1H3;2*1H4;1H.